The Labute approximate surface area is 80.2 Å². The number of hydrogen-bond donors (Lipinski definition) is 1. The molecule has 3 heteroatoms. The molecule has 0 aromatic carbocycles. The average molecular weight is 184 g/mol. The maximum absolute atomic E-state index is 5.83. The third-order valence-electron chi connectivity index (χ3n) is 3.10. The normalized spacial score (nSPS) is 30.7. The highest BCUT2D eigenvalue weighted by Gasteiger charge is 2.20. The van der Waals surface area contributed by atoms with E-state index in [-0.39, 0.29) is 0 Å². The standard InChI is InChI=1S/C10H20N2O/c11-10-3-5-12(6-10)4-1-2-9-7-13-8-9/h9-10H,1-8,11H2. The molecule has 2 aliphatic rings. The molecular formula is C10H20N2O. The Hall–Kier alpha value is -0.120. The Morgan fingerprint density at radius 3 is 2.77 bits per heavy atom. The number of hydrogen-bond acceptors (Lipinski definition) is 3. The van der Waals surface area contributed by atoms with E-state index >= 15 is 0 Å². The fourth-order valence-electron chi connectivity index (χ4n) is 2.12. The van der Waals surface area contributed by atoms with Crippen molar-refractivity contribution in [3.05, 3.63) is 0 Å². The highest BCUT2D eigenvalue weighted by atomic mass is 16.5. The lowest BCUT2D eigenvalue weighted by Gasteiger charge is -2.26. The van der Waals surface area contributed by atoms with Crippen LogP contribution in [0.15, 0.2) is 0 Å². The second-order valence-corrected chi connectivity index (χ2v) is 4.40. The molecule has 0 spiro atoms. The van der Waals surface area contributed by atoms with Crippen molar-refractivity contribution in [3.63, 3.8) is 0 Å². The van der Waals surface area contributed by atoms with Crippen molar-refractivity contribution in [1.82, 2.24) is 4.90 Å². The van der Waals surface area contributed by atoms with Gasteiger partial charge in [0.1, 0.15) is 0 Å². The van der Waals surface area contributed by atoms with Crippen LogP contribution in [0.2, 0.25) is 0 Å². The molecule has 1 unspecified atom stereocenters. The molecular weight excluding hydrogens is 164 g/mol. The molecule has 2 saturated heterocycles. The van der Waals surface area contributed by atoms with Crippen molar-refractivity contribution < 1.29 is 4.74 Å². The molecule has 0 aromatic heterocycles. The lowest BCUT2D eigenvalue weighted by molar-refractivity contribution is -0.0369. The summed E-state index contributed by atoms with van der Waals surface area (Å²) in [5.41, 5.74) is 5.83. The lowest BCUT2D eigenvalue weighted by atomic mass is 10.0. The zero-order chi connectivity index (χ0) is 9.10. The van der Waals surface area contributed by atoms with Crippen molar-refractivity contribution in [2.75, 3.05) is 32.8 Å². The minimum atomic E-state index is 0.437. The average Bonchev–Trinajstić information content (AvgIpc) is 2.42. The van der Waals surface area contributed by atoms with Gasteiger partial charge in [0.15, 0.2) is 0 Å². The second kappa shape index (κ2) is 4.40. The smallest absolute Gasteiger partial charge is 0.0516 e. The molecule has 0 aromatic rings. The monoisotopic (exact) mass is 184 g/mol. The Morgan fingerprint density at radius 1 is 1.38 bits per heavy atom. The van der Waals surface area contributed by atoms with E-state index in [2.05, 4.69) is 4.90 Å². The number of nitrogens with zero attached hydrogens (tertiary/aromatic N) is 1. The van der Waals surface area contributed by atoms with E-state index < -0.39 is 0 Å². The van der Waals surface area contributed by atoms with Gasteiger partial charge in [0.25, 0.3) is 0 Å². The van der Waals surface area contributed by atoms with Crippen LogP contribution in [-0.4, -0.2) is 43.8 Å². The zero-order valence-electron chi connectivity index (χ0n) is 8.24. The van der Waals surface area contributed by atoms with Crippen LogP contribution in [0.4, 0.5) is 0 Å². The van der Waals surface area contributed by atoms with Gasteiger partial charge in [-0.2, -0.15) is 0 Å². The van der Waals surface area contributed by atoms with Crippen molar-refractivity contribution in [1.29, 1.82) is 0 Å². The van der Waals surface area contributed by atoms with Gasteiger partial charge in [0.05, 0.1) is 13.2 Å². The summed E-state index contributed by atoms with van der Waals surface area (Å²) < 4.78 is 5.14. The van der Waals surface area contributed by atoms with Crippen LogP contribution < -0.4 is 5.73 Å². The molecule has 76 valence electrons. The molecule has 1 atom stereocenters. The molecule has 2 fully saturated rings. The Balaban J connectivity index is 1.52. The number of likely N-dealkylation sites (tertiary alicyclic amines) is 1. The minimum Gasteiger partial charge on any atom is -0.381 e. The molecule has 0 amide bonds. The first-order chi connectivity index (χ1) is 6.34. The van der Waals surface area contributed by atoms with Crippen LogP contribution in [0.3, 0.4) is 0 Å². The van der Waals surface area contributed by atoms with Crippen molar-refractivity contribution in [2.24, 2.45) is 11.7 Å². The van der Waals surface area contributed by atoms with E-state index in [4.69, 9.17) is 10.5 Å². The summed E-state index contributed by atoms with van der Waals surface area (Å²) >= 11 is 0. The van der Waals surface area contributed by atoms with E-state index in [9.17, 15) is 0 Å². The van der Waals surface area contributed by atoms with E-state index in [0.717, 1.165) is 25.7 Å². The quantitative estimate of drug-likeness (QED) is 0.689. The topological polar surface area (TPSA) is 38.5 Å². The van der Waals surface area contributed by atoms with Crippen LogP contribution >= 0.6 is 0 Å². The van der Waals surface area contributed by atoms with Gasteiger partial charge >= 0.3 is 0 Å². The first-order valence-electron chi connectivity index (χ1n) is 5.40. The molecule has 0 radical (unpaired) electrons. The van der Waals surface area contributed by atoms with Crippen LogP contribution in [0.5, 0.6) is 0 Å². The van der Waals surface area contributed by atoms with Crippen molar-refractivity contribution >= 4 is 0 Å². The highest BCUT2D eigenvalue weighted by molar-refractivity contribution is 4.78. The largest absolute Gasteiger partial charge is 0.381 e. The number of ether oxygens (including phenoxy) is 1. The van der Waals surface area contributed by atoms with Crippen LogP contribution in [-0.2, 0) is 4.74 Å². The van der Waals surface area contributed by atoms with Gasteiger partial charge in [-0.3, -0.25) is 0 Å². The van der Waals surface area contributed by atoms with E-state index in [1.165, 1.54) is 32.4 Å². The van der Waals surface area contributed by atoms with Crippen molar-refractivity contribution in [2.45, 2.75) is 25.3 Å². The predicted octanol–water partition coefficient (Wildman–Crippen LogP) is 0.446. The molecule has 2 heterocycles. The van der Waals surface area contributed by atoms with E-state index in [0.29, 0.717) is 6.04 Å². The zero-order valence-corrected chi connectivity index (χ0v) is 8.24. The second-order valence-electron chi connectivity index (χ2n) is 4.40. The van der Waals surface area contributed by atoms with Gasteiger partial charge in [-0.25, -0.2) is 0 Å². The van der Waals surface area contributed by atoms with Gasteiger partial charge in [-0.15, -0.1) is 0 Å². The molecule has 2 rings (SSSR count). The van der Waals surface area contributed by atoms with Crippen LogP contribution in [0.25, 0.3) is 0 Å². The summed E-state index contributed by atoms with van der Waals surface area (Å²) in [6, 6.07) is 0.437. The van der Waals surface area contributed by atoms with Gasteiger partial charge in [0, 0.05) is 18.5 Å². The summed E-state index contributed by atoms with van der Waals surface area (Å²) in [5, 5.41) is 0. The maximum Gasteiger partial charge on any atom is 0.0516 e. The molecule has 2 aliphatic heterocycles. The van der Waals surface area contributed by atoms with Crippen LogP contribution in [0.1, 0.15) is 19.3 Å². The third kappa shape index (κ3) is 2.66. The molecule has 0 aliphatic carbocycles. The third-order valence-corrected chi connectivity index (χ3v) is 3.10. The van der Waals surface area contributed by atoms with Gasteiger partial charge in [-0.1, -0.05) is 0 Å². The molecule has 3 nitrogen and oxygen atoms in total. The Kier molecular flexibility index (Phi) is 3.19. The maximum atomic E-state index is 5.83. The van der Waals surface area contributed by atoms with Crippen LogP contribution in [0, 0.1) is 5.92 Å². The fraction of sp³-hybridized carbons (Fsp3) is 1.00. The first-order valence-corrected chi connectivity index (χ1v) is 5.40. The summed E-state index contributed by atoms with van der Waals surface area (Å²) in [4.78, 5) is 2.49. The van der Waals surface area contributed by atoms with Gasteiger partial charge < -0.3 is 15.4 Å². The molecule has 13 heavy (non-hydrogen) atoms. The molecule has 2 N–H and O–H groups in total. The van der Waals surface area contributed by atoms with Gasteiger partial charge in [-0.05, 0) is 32.4 Å². The van der Waals surface area contributed by atoms with E-state index in [1.807, 2.05) is 0 Å². The first kappa shape index (κ1) is 9.44. The SMILES string of the molecule is NC1CCN(CCCC2COC2)C1. The van der Waals surface area contributed by atoms with Gasteiger partial charge in [0.2, 0.25) is 0 Å². The summed E-state index contributed by atoms with van der Waals surface area (Å²) in [6.45, 7) is 5.56. The highest BCUT2D eigenvalue weighted by Crippen LogP contribution is 2.17. The summed E-state index contributed by atoms with van der Waals surface area (Å²) in [5.74, 6) is 0.858. The Bertz CT molecular complexity index is 159. The fourth-order valence-corrected chi connectivity index (χ4v) is 2.12. The van der Waals surface area contributed by atoms with Crippen molar-refractivity contribution in [3.8, 4) is 0 Å². The summed E-state index contributed by atoms with van der Waals surface area (Å²) in [6.07, 6.45) is 3.85. The number of nitrogens with two attached hydrogens (primary N) is 1. The number of rotatable bonds is 4. The van der Waals surface area contributed by atoms with E-state index in [1.54, 1.807) is 0 Å². The Morgan fingerprint density at radius 2 is 2.23 bits per heavy atom. The molecule has 0 saturated carbocycles. The predicted molar refractivity (Wildman–Crippen MR) is 52.6 cm³/mol. The molecule has 0 bridgehead atoms. The lowest BCUT2D eigenvalue weighted by Crippen LogP contribution is -2.30. The minimum absolute atomic E-state index is 0.437. The summed E-state index contributed by atoms with van der Waals surface area (Å²) in [7, 11) is 0.